The summed E-state index contributed by atoms with van der Waals surface area (Å²) in [4.78, 5) is 34.8. The predicted octanol–water partition coefficient (Wildman–Crippen LogP) is 1.08. The third kappa shape index (κ3) is 7.12. The molecule has 0 heterocycles. The van der Waals surface area contributed by atoms with Crippen molar-refractivity contribution >= 4 is 35.9 Å². The van der Waals surface area contributed by atoms with Crippen LogP contribution in [0.4, 0.5) is 5.69 Å². The lowest BCUT2D eigenvalue weighted by Crippen LogP contribution is -2.39. The standard InChI is InChI=1S/C15H21N3O4.ClH/c1-3-22-15(21)10(2)17-14(20)11-4-6-12(7-5-11)18-13(19)8-9-16;/h4-7,10H,3,8-9,16H2,1-2H3,(H,17,20)(H,18,19);1H. The van der Waals surface area contributed by atoms with E-state index in [2.05, 4.69) is 10.6 Å². The number of rotatable bonds is 7. The summed E-state index contributed by atoms with van der Waals surface area (Å²) in [5.41, 5.74) is 6.25. The summed E-state index contributed by atoms with van der Waals surface area (Å²) in [6.45, 7) is 3.79. The fourth-order valence-electron chi connectivity index (χ4n) is 1.67. The van der Waals surface area contributed by atoms with Crippen molar-refractivity contribution < 1.29 is 19.1 Å². The molecule has 0 aliphatic rings. The first-order valence-electron chi connectivity index (χ1n) is 7.05. The van der Waals surface area contributed by atoms with Crippen LogP contribution in [0.15, 0.2) is 24.3 Å². The topological polar surface area (TPSA) is 111 Å². The molecule has 7 nitrogen and oxygen atoms in total. The number of benzene rings is 1. The smallest absolute Gasteiger partial charge is 0.328 e. The lowest BCUT2D eigenvalue weighted by molar-refractivity contribution is -0.144. The molecule has 0 saturated carbocycles. The molecule has 1 unspecified atom stereocenters. The molecule has 0 saturated heterocycles. The fraction of sp³-hybridized carbons (Fsp3) is 0.400. The second kappa shape index (κ2) is 10.6. The van der Waals surface area contributed by atoms with Gasteiger partial charge in [0.15, 0.2) is 0 Å². The van der Waals surface area contributed by atoms with Gasteiger partial charge in [-0.15, -0.1) is 12.4 Å². The average Bonchev–Trinajstić information content (AvgIpc) is 2.48. The molecule has 0 bridgehead atoms. The maximum atomic E-state index is 12.0. The van der Waals surface area contributed by atoms with Gasteiger partial charge >= 0.3 is 5.97 Å². The third-order valence-corrected chi connectivity index (χ3v) is 2.79. The van der Waals surface area contributed by atoms with E-state index < -0.39 is 12.0 Å². The van der Waals surface area contributed by atoms with Crippen LogP contribution in [0.25, 0.3) is 0 Å². The zero-order valence-corrected chi connectivity index (χ0v) is 13.9. The summed E-state index contributed by atoms with van der Waals surface area (Å²) in [6, 6.07) is 5.61. The van der Waals surface area contributed by atoms with Crippen molar-refractivity contribution in [3.05, 3.63) is 29.8 Å². The van der Waals surface area contributed by atoms with Crippen molar-refractivity contribution in [2.45, 2.75) is 26.3 Å². The number of nitrogens with one attached hydrogen (secondary N) is 2. The van der Waals surface area contributed by atoms with Gasteiger partial charge in [-0.25, -0.2) is 4.79 Å². The molecule has 0 spiro atoms. The first-order valence-corrected chi connectivity index (χ1v) is 7.05. The Labute approximate surface area is 141 Å². The van der Waals surface area contributed by atoms with Crippen LogP contribution in [0.2, 0.25) is 0 Å². The van der Waals surface area contributed by atoms with Gasteiger partial charge in [-0.1, -0.05) is 0 Å². The minimum atomic E-state index is -0.726. The number of carbonyl (C=O) groups excluding carboxylic acids is 3. The molecule has 2 amide bonds. The Balaban J connectivity index is 0.00000484. The maximum absolute atomic E-state index is 12.0. The Morgan fingerprint density at radius 2 is 1.83 bits per heavy atom. The first kappa shape index (κ1) is 20.9. The van der Waals surface area contributed by atoms with Gasteiger partial charge in [-0.2, -0.15) is 0 Å². The lowest BCUT2D eigenvalue weighted by Gasteiger charge is -2.13. The maximum Gasteiger partial charge on any atom is 0.328 e. The van der Waals surface area contributed by atoms with Gasteiger partial charge in [0.1, 0.15) is 6.04 Å². The molecule has 1 aromatic rings. The predicted molar refractivity (Wildman–Crippen MR) is 89.6 cm³/mol. The molecule has 23 heavy (non-hydrogen) atoms. The van der Waals surface area contributed by atoms with Crippen molar-refractivity contribution in [2.75, 3.05) is 18.5 Å². The van der Waals surface area contributed by atoms with Crippen LogP contribution in [0.5, 0.6) is 0 Å². The van der Waals surface area contributed by atoms with E-state index >= 15 is 0 Å². The van der Waals surface area contributed by atoms with Crippen molar-refractivity contribution in [1.82, 2.24) is 5.32 Å². The number of carbonyl (C=O) groups is 3. The SMILES string of the molecule is CCOC(=O)C(C)NC(=O)c1ccc(NC(=O)CCN)cc1.Cl. The van der Waals surface area contributed by atoms with E-state index in [1.807, 2.05) is 0 Å². The molecule has 1 atom stereocenters. The minimum Gasteiger partial charge on any atom is -0.464 e. The highest BCUT2D eigenvalue weighted by Gasteiger charge is 2.17. The number of ether oxygens (including phenoxy) is 1. The zero-order valence-electron chi connectivity index (χ0n) is 13.1. The highest BCUT2D eigenvalue weighted by Crippen LogP contribution is 2.10. The molecule has 1 aromatic carbocycles. The second-order valence-corrected chi connectivity index (χ2v) is 4.61. The summed E-state index contributed by atoms with van der Waals surface area (Å²) in [5.74, 6) is -1.06. The Morgan fingerprint density at radius 3 is 2.35 bits per heavy atom. The second-order valence-electron chi connectivity index (χ2n) is 4.61. The van der Waals surface area contributed by atoms with Gasteiger partial charge in [0.25, 0.3) is 5.91 Å². The van der Waals surface area contributed by atoms with E-state index in [0.29, 0.717) is 11.3 Å². The van der Waals surface area contributed by atoms with E-state index in [-0.39, 0.29) is 43.8 Å². The van der Waals surface area contributed by atoms with Gasteiger partial charge in [0, 0.05) is 24.2 Å². The summed E-state index contributed by atoms with van der Waals surface area (Å²) < 4.78 is 4.81. The normalized spacial score (nSPS) is 10.9. The molecule has 0 radical (unpaired) electrons. The highest BCUT2D eigenvalue weighted by molar-refractivity contribution is 5.97. The van der Waals surface area contributed by atoms with Crippen LogP contribution in [-0.2, 0) is 14.3 Å². The van der Waals surface area contributed by atoms with Crippen molar-refractivity contribution in [1.29, 1.82) is 0 Å². The Hall–Kier alpha value is -2.12. The molecule has 128 valence electrons. The zero-order chi connectivity index (χ0) is 16.5. The molecule has 1 rings (SSSR count). The monoisotopic (exact) mass is 343 g/mol. The summed E-state index contributed by atoms with van der Waals surface area (Å²) in [7, 11) is 0. The van der Waals surface area contributed by atoms with Gasteiger partial charge in [0.05, 0.1) is 6.61 Å². The number of amides is 2. The van der Waals surface area contributed by atoms with Crippen LogP contribution in [0, 0.1) is 0 Å². The molecular formula is C15H22ClN3O4. The van der Waals surface area contributed by atoms with Crippen molar-refractivity contribution in [2.24, 2.45) is 5.73 Å². The van der Waals surface area contributed by atoms with Crippen LogP contribution in [0.3, 0.4) is 0 Å². The van der Waals surface area contributed by atoms with Gasteiger partial charge in [0.2, 0.25) is 5.91 Å². The van der Waals surface area contributed by atoms with E-state index in [4.69, 9.17) is 10.5 Å². The van der Waals surface area contributed by atoms with E-state index in [9.17, 15) is 14.4 Å². The quantitative estimate of drug-likeness (QED) is 0.641. The summed E-state index contributed by atoms with van der Waals surface area (Å²) >= 11 is 0. The van der Waals surface area contributed by atoms with Gasteiger partial charge in [-0.3, -0.25) is 9.59 Å². The first-order chi connectivity index (χ1) is 10.5. The third-order valence-electron chi connectivity index (χ3n) is 2.79. The highest BCUT2D eigenvalue weighted by atomic mass is 35.5. The number of anilines is 1. The molecule has 0 aromatic heterocycles. The van der Waals surface area contributed by atoms with Gasteiger partial charge < -0.3 is 21.1 Å². The minimum absolute atomic E-state index is 0. The molecule has 4 N–H and O–H groups in total. The number of hydrogen-bond donors (Lipinski definition) is 3. The van der Waals surface area contributed by atoms with E-state index in [1.165, 1.54) is 0 Å². The number of esters is 1. The van der Waals surface area contributed by atoms with Crippen LogP contribution >= 0.6 is 12.4 Å². The fourth-order valence-corrected chi connectivity index (χ4v) is 1.67. The number of hydrogen-bond acceptors (Lipinski definition) is 5. The Morgan fingerprint density at radius 1 is 1.22 bits per heavy atom. The van der Waals surface area contributed by atoms with Crippen molar-refractivity contribution in [3.63, 3.8) is 0 Å². The van der Waals surface area contributed by atoms with Gasteiger partial charge in [-0.05, 0) is 38.1 Å². The lowest BCUT2D eigenvalue weighted by atomic mass is 10.1. The summed E-state index contributed by atoms with van der Waals surface area (Å²) in [6.07, 6.45) is 0.235. The molecular weight excluding hydrogens is 322 g/mol. The number of halogens is 1. The molecule has 0 aliphatic carbocycles. The summed E-state index contributed by atoms with van der Waals surface area (Å²) in [5, 5.41) is 5.20. The largest absolute Gasteiger partial charge is 0.464 e. The average molecular weight is 344 g/mol. The van der Waals surface area contributed by atoms with Crippen molar-refractivity contribution in [3.8, 4) is 0 Å². The molecule has 8 heteroatoms. The van der Waals surface area contributed by atoms with E-state index in [1.54, 1.807) is 38.1 Å². The molecule has 0 fully saturated rings. The van der Waals surface area contributed by atoms with Crippen LogP contribution in [0.1, 0.15) is 30.6 Å². The van der Waals surface area contributed by atoms with Crippen LogP contribution < -0.4 is 16.4 Å². The van der Waals surface area contributed by atoms with Crippen LogP contribution in [-0.4, -0.2) is 37.0 Å². The Kier molecular flexibility index (Phi) is 9.60. The Bertz CT molecular complexity index is 534. The van der Waals surface area contributed by atoms with E-state index in [0.717, 1.165) is 0 Å². The number of nitrogens with two attached hydrogens (primary N) is 1. The molecule has 0 aliphatic heterocycles.